The number of methoxy groups -OCH3 is 1. The molecule has 0 unspecified atom stereocenters. The summed E-state index contributed by atoms with van der Waals surface area (Å²) in [5.41, 5.74) is 1.94. The lowest BCUT2D eigenvalue weighted by atomic mass is 9.79. The van der Waals surface area contributed by atoms with Crippen LogP contribution in [0.5, 0.6) is 0 Å². The Balaban J connectivity index is 2.49. The van der Waals surface area contributed by atoms with Gasteiger partial charge in [-0.05, 0) is 33.1 Å². The highest BCUT2D eigenvalue weighted by molar-refractivity contribution is 7.71. The quantitative estimate of drug-likeness (QED) is 0.785. The summed E-state index contributed by atoms with van der Waals surface area (Å²) in [6.07, 6.45) is 3.26. The SMILES string of the molecule is COC1(c2nc(=S)c(C)c(C)[nH]2)CCC1. The molecule has 1 aromatic rings. The van der Waals surface area contributed by atoms with E-state index in [-0.39, 0.29) is 5.60 Å². The summed E-state index contributed by atoms with van der Waals surface area (Å²) in [7, 11) is 1.74. The average Bonchev–Trinajstić information content (AvgIpc) is 2.13. The molecule has 0 amide bonds. The van der Waals surface area contributed by atoms with E-state index in [4.69, 9.17) is 17.0 Å². The van der Waals surface area contributed by atoms with Crippen molar-refractivity contribution in [3.8, 4) is 0 Å². The number of hydrogen-bond acceptors (Lipinski definition) is 3. The first kappa shape index (κ1) is 10.8. The molecular weight excluding hydrogens is 208 g/mol. The molecule has 1 heterocycles. The average molecular weight is 224 g/mol. The fourth-order valence-electron chi connectivity index (χ4n) is 1.90. The summed E-state index contributed by atoms with van der Waals surface area (Å²) < 4.78 is 6.25. The highest BCUT2D eigenvalue weighted by Crippen LogP contribution is 2.42. The third-order valence-corrected chi connectivity index (χ3v) is 3.78. The second-order valence-electron chi connectivity index (χ2n) is 4.19. The van der Waals surface area contributed by atoms with Gasteiger partial charge < -0.3 is 9.72 Å². The number of aromatic nitrogens is 2. The molecule has 82 valence electrons. The van der Waals surface area contributed by atoms with E-state index in [1.807, 2.05) is 13.8 Å². The Morgan fingerprint density at radius 1 is 1.40 bits per heavy atom. The third kappa shape index (κ3) is 1.62. The molecular formula is C11H16N2OS. The van der Waals surface area contributed by atoms with E-state index < -0.39 is 0 Å². The van der Waals surface area contributed by atoms with Gasteiger partial charge in [0, 0.05) is 18.4 Å². The maximum absolute atomic E-state index is 5.57. The molecule has 3 nitrogen and oxygen atoms in total. The first-order valence-corrected chi connectivity index (χ1v) is 5.63. The van der Waals surface area contributed by atoms with E-state index in [1.165, 1.54) is 6.42 Å². The van der Waals surface area contributed by atoms with Crippen LogP contribution in [0.2, 0.25) is 0 Å². The normalized spacial score (nSPS) is 18.6. The zero-order chi connectivity index (χ0) is 11.1. The molecule has 15 heavy (non-hydrogen) atoms. The van der Waals surface area contributed by atoms with Crippen molar-refractivity contribution in [1.82, 2.24) is 9.97 Å². The molecule has 0 aliphatic heterocycles. The summed E-state index contributed by atoms with van der Waals surface area (Å²) in [4.78, 5) is 7.74. The Labute approximate surface area is 94.9 Å². The monoisotopic (exact) mass is 224 g/mol. The van der Waals surface area contributed by atoms with Gasteiger partial charge in [-0.2, -0.15) is 0 Å². The van der Waals surface area contributed by atoms with Crippen molar-refractivity contribution >= 4 is 12.2 Å². The van der Waals surface area contributed by atoms with Crippen LogP contribution in [0.1, 0.15) is 36.3 Å². The Morgan fingerprint density at radius 3 is 2.47 bits per heavy atom. The molecule has 0 saturated heterocycles. The topological polar surface area (TPSA) is 37.9 Å². The third-order valence-electron chi connectivity index (χ3n) is 3.39. The fraction of sp³-hybridized carbons (Fsp3) is 0.636. The smallest absolute Gasteiger partial charge is 0.140 e. The van der Waals surface area contributed by atoms with E-state index in [0.29, 0.717) is 4.64 Å². The van der Waals surface area contributed by atoms with Crippen LogP contribution in [0.3, 0.4) is 0 Å². The van der Waals surface area contributed by atoms with Crippen molar-refractivity contribution in [3.05, 3.63) is 21.7 Å². The Hall–Kier alpha value is -0.740. The maximum Gasteiger partial charge on any atom is 0.140 e. The minimum absolute atomic E-state index is 0.202. The number of aryl methyl sites for hydroxylation is 1. The van der Waals surface area contributed by atoms with Gasteiger partial charge >= 0.3 is 0 Å². The number of hydrogen-bond donors (Lipinski definition) is 1. The van der Waals surface area contributed by atoms with Gasteiger partial charge in [-0.1, -0.05) is 12.2 Å². The number of ether oxygens (including phenoxy) is 1. The highest BCUT2D eigenvalue weighted by atomic mass is 32.1. The van der Waals surface area contributed by atoms with Gasteiger partial charge in [0.15, 0.2) is 0 Å². The van der Waals surface area contributed by atoms with Crippen molar-refractivity contribution in [3.63, 3.8) is 0 Å². The van der Waals surface area contributed by atoms with Crippen LogP contribution in [0, 0.1) is 18.5 Å². The molecule has 1 aliphatic carbocycles. The Bertz CT molecular complexity index is 429. The van der Waals surface area contributed by atoms with Crippen LogP contribution in [0.4, 0.5) is 0 Å². The summed E-state index contributed by atoms with van der Waals surface area (Å²) >= 11 is 5.23. The summed E-state index contributed by atoms with van der Waals surface area (Å²) in [5, 5.41) is 0. The minimum atomic E-state index is -0.202. The van der Waals surface area contributed by atoms with Crippen LogP contribution < -0.4 is 0 Å². The molecule has 2 rings (SSSR count). The number of nitrogens with zero attached hydrogens (tertiary/aromatic N) is 1. The van der Waals surface area contributed by atoms with E-state index in [0.717, 1.165) is 29.9 Å². The molecule has 1 aromatic heterocycles. The van der Waals surface area contributed by atoms with Crippen LogP contribution in [-0.2, 0) is 10.3 Å². The van der Waals surface area contributed by atoms with Gasteiger partial charge in [0.2, 0.25) is 0 Å². The molecule has 0 aromatic carbocycles. The van der Waals surface area contributed by atoms with E-state index in [9.17, 15) is 0 Å². The van der Waals surface area contributed by atoms with Crippen molar-refractivity contribution < 1.29 is 4.74 Å². The lowest BCUT2D eigenvalue weighted by Crippen LogP contribution is -2.38. The summed E-state index contributed by atoms with van der Waals surface area (Å²) in [6, 6.07) is 0. The lowest BCUT2D eigenvalue weighted by molar-refractivity contribution is -0.0848. The summed E-state index contributed by atoms with van der Waals surface area (Å²) in [5.74, 6) is 0.893. The zero-order valence-corrected chi connectivity index (χ0v) is 10.2. The van der Waals surface area contributed by atoms with Crippen molar-refractivity contribution in [2.45, 2.75) is 38.7 Å². The van der Waals surface area contributed by atoms with Gasteiger partial charge in [0.25, 0.3) is 0 Å². The predicted molar refractivity (Wildman–Crippen MR) is 61.4 cm³/mol. The first-order chi connectivity index (χ1) is 7.09. The van der Waals surface area contributed by atoms with Crippen LogP contribution >= 0.6 is 12.2 Å². The lowest BCUT2D eigenvalue weighted by Gasteiger charge is -2.39. The molecule has 0 radical (unpaired) electrons. The van der Waals surface area contributed by atoms with Crippen molar-refractivity contribution in [1.29, 1.82) is 0 Å². The highest BCUT2D eigenvalue weighted by Gasteiger charge is 2.41. The molecule has 1 fully saturated rings. The van der Waals surface area contributed by atoms with Crippen molar-refractivity contribution in [2.24, 2.45) is 0 Å². The van der Waals surface area contributed by atoms with Gasteiger partial charge in [-0.15, -0.1) is 0 Å². The number of rotatable bonds is 2. The second kappa shape index (κ2) is 3.68. The number of aromatic amines is 1. The van der Waals surface area contributed by atoms with Crippen LogP contribution in [0.25, 0.3) is 0 Å². The van der Waals surface area contributed by atoms with Crippen LogP contribution in [-0.4, -0.2) is 17.1 Å². The van der Waals surface area contributed by atoms with Gasteiger partial charge in [0.05, 0.1) is 0 Å². The first-order valence-electron chi connectivity index (χ1n) is 5.22. The molecule has 0 bridgehead atoms. The molecule has 1 aliphatic rings. The Kier molecular flexibility index (Phi) is 2.64. The van der Waals surface area contributed by atoms with E-state index in [1.54, 1.807) is 7.11 Å². The fourth-order valence-corrected chi connectivity index (χ4v) is 2.14. The molecule has 1 saturated carbocycles. The largest absolute Gasteiger partial charge is 0.370 e. The minimum Gasteiger partial charge on any atom is -0.370 e. The van der Waals surface area contributed by atoms with Gasteiger partial charge in [-0.3, -0.25) is 0 Å². The summed E-state index contributed by atoms with van der Waals surface area (Å²) in [6.45, 7) is 4.02. The molecule has 4 heteroatoms. The molecule has 1 N–H and O–H groups in total. The maximum atomic E-state index is 5.57. The number of nitrogens with one attached hydrogen (secondary N) is 1. The van der Waals surface area contributed by atoms with Crippen LogP contribution in [0.15, 0.2) is 0 Å². The van der Waals surface area contributed by atoms with Gasteiger partial charge in [-0.25, -0.2) is 4.98 Å². The predicted octanol–water partition coefficient (Wildman–Crippen LogP) is 2.78. The standard InChI is InChI=1S/C11H16N2OS/c1-7-8(2)12-10(13-9(7)15)11(14-3)5-4-6-11/h4-6H2,1-3H3,(H,12,13,15). The second-order valence-corrected chi connectivity index (χ2v) is 4.58. The molecule has 0 spiro atoms. The van der Waals surface area contributed by atoms with E-state index in [2.05, 4.69) is 9.97 Å². The Morgan fingerprint density at radius 2 is 2.07 bits per heavy atom. The van der Waals surface area contributed by atoms with Gasteiger partial charge in [0.1, 0.15) is 16.1 Å². The van der Waals surface area contributed by atoms with Crippen molar-refractivity contribution in [2.75, 3.05) is 7.11 Å². The van der Waals surface area contributed by atoms with E-state index >= 15 is 0 Å². The number of H-pyrrole nitrogens is 1. The molecule has 0 atom stereocenters. The zero-order valence-electron chi connectivity index (χ0n) is 9.39.